The number of nitrogens with one attached hydrogen (secondary N) is 1. The number of pyridine rings is 1. The number of hydrogen-bond acceptors (Lipinski definition) is 6. The summed E-state index contributed by atoms with van der Waals surface area (Å²) in [6.45, 7) is 0.222. The second-order valence-corrected chi connectivity index (χ2v) is 11.3. The van der Waals surface area contributed by atoms with Gasteiger partial charge in [0.25, 0.3) is 0 Å². The van der Waals surface area contributed by atoms with E-state index in [0.717, 1.165) is 22.1 Å². The lowest BCUT2D eigenvalue weighted by atomic mass is 10.0. The van der Waals surface area contributed by atoms with E-state index in [4.69, 9.17) is 21.8 Å². The Labute approximate surface area is 224 Å². The van der Waals surface area contributed by atoms with Gasteiger partial charge in [-0.3, -0.25) is 4.79 Å². The number of nitrogens with two attached hydrogens (primary N) is 1. The molecular formula is C27H24ClFN4O4S. The second kappa shape index (κ2) is 10.6. The summed E-state index contributed by atoms with van der Waals surface area (Å²) < 4.78 is 46.1. The largest absolute Gasteiger partial charge is 0.458 e. The van der Waals surface area contributed by atoms with Crippen molar-refractivity contribution in [1.29, 1.82) is 0 Å². The van der Waals surface area contributed by atoms with Crippen molar-refractivity contribution < 1.29 is 22.0 Å². The first-order valence-corrected chi connectivity index (χ1v) is 13.6. The van der Waals surface area contributed by atoms with Crippen molar-refractivity contribution in [1.82, 2.24) is 14.6 Å². The number of hydrogen-bond donors (Lipinski definition) is 2. The molecule has 5 rings (SSSR count). The van der Waals surface area contributed by atoms with Crippen LogP contribution in [0, 0.1) is 0 Å². The number of alkyl halides is 1. The van der Waals surface area contributed by atoms with Crippen molar-refractivity contribution >= 4 is 50.4 Å². The molecule has 4 aromatic rings. The standard InChI is InChI=1S/C27H24ClFN4O4S/c28-24-13-19(18-3-5-23(6-4-18)38(35,36)33-10-9-21(29)16-33)11-20-12-22(37-27(20)24)15-32-26(34)8-2-17-1-7-25(30)31-14-17/h1-8,11-14,21H,9-10,15-16H2,(H2,30,31)(H,32,34)/b8-2+/t21-/m1/s1. The molecule has 1 fully saturated rings. The Morgan fingerprint density at radius 3 is 2.66 bits per heavy atom. The van der Waals surface area contributed by atoms with Gasteiger partial charge in [0.15, 0.2) is 5.58 Å². The lowest BCUT2D eigenvalue weighted by Gasteiger charge is -2.15. The number of carbonyl (C=O) groups excluding carboxylic acids is 1. The van der Waals surface area contributed by atoms with E-state index in [1.54, 1.807) is 48.7 Å². The number of aromatic nitrogens is 1. The van der Waals surface area contributed by atoms with Crippen LogP contribution < -0.4 is 11.1 Å². The average Bonchev–Trinajstić information content (AvgIpc) is 3.54. The number of nitrogen functional groups attached to an aromatic ring is 1. The fourth-order valence-corrected chi connectivity index (χ4v) is 5.96. The Hall–Kier alpha value is -3.73. The Balaban J connectivity index is 1.28. The van der Waals surface area contributed by atoms with Crippen molar-refractivity contribution in [2.24, 2.45) is 0 Å². The number of benzene rings is 2. The third kappa shape index (κ3) is 5.57. The predicted molar refractivity (Wildman–Crippen MR) is 144 cm³/mol. The molecule has 0 spiro atoms. The van der Waals surface area contributed by atoms with E-state index >= 15 is 0 Å². The maximum absolute atomic E-state index is 13.5. The summed E-state index contributed by atoms with van der Waals surface area (Å²) >= 11 is 6.48. The molecule has 0 aliphatic carbocycles. The highest BCUT2D eigenvalue weighted by Crippen LogP contribution is 2.34. The van der Waals surface area contributed by atoms with Gasteiger partial charge in [-0.25, -0.2) is 17.8 Å². The molecule has 2 aromatic heterocycles. The van der Waals surface area contributed by atoms with Gasteiger partial charge in [0, 0.05) is 30.7 Å². The smallest absolute Gasteiger partial charge is 0.244 e. The molecule has 3 N–H and O–H groups in total. The molecule has 8 nitrogen and oxygen atoms in total. The number of nitrogens with zero attached hydrogens (tertiary/aromatic N) is 2. The maximum atomic E-state index is 13.5. The molecule has 38 heavy (non-hydrogen) atoms. The molecule has 1 amide bonds. The van der Waals surface area contributed by atoms with E-state index in [9.17, 15) is 17.6 Å². The van der Waals surface area contributed by atoms with Gasteiger partial charge in [0.05, 0.1) is 16.5 Å². The topological polar surface area (TPSA) is 119 Å². The van der Waals surface area contributed by atoms with Crippen molar-refractivity contribution in [3.63, 3.8) is 0 Å². The zero-order valence-corrected chi connectivity index (χ0v) is 21.7. The minimum Gasteiger partial charge on any atom is -0.458 e. The number of furan rings is 1. The van der Waals surface area contributed by atoms with Crippen LogP contribution in [-0.2, 0) is 21.4 Å². The lowest BCUT2D eigenvalue weighted by Crippen LogP contribution is -2.29. The summed E-state index contributed by atoms with van der Waals surface area (Å²) in [6, 6.07) is 15.2. The normalized spacial score (nSPS) is 16.4. The highest BCUT2D eigenvalue weighted by atomic mass is 35.5. The van der Waals surface area contributed by atoms with E-state index in [0.29, 0.717) is 22.2 Å². The second-order valence-electron chi connectivity index (χ2n) is 8.93. The van der Waals surface area contributed by atoms with Gasteiger partial charge in [0.1, 0.15) is 17.7 Å². The van der Waals surface area contributed by atoms with Crippen LogP contribution in [0.4, 0.5) is 10.2 Å². The number of rotatable bonds is 7. The van der Waals surface area contributed by atoms with E-state index in [-0.39, 0.29) is 36.9 Å². The van der Waals surface area contributed by atoms with Crippen molar-refractivity contribution in [2.45, 2.75) is 24.0 Å². The Morgan fingerprint density at radius 2 is 1.97 bits per heavy atom. The quantitative estimate of drug-likeness (QED) is 0.317. The van der Waals surface area contributed by atoms with Crippen LogP contribution in [0.3, 0.4) is 0 Å². The highest BCUT2D eigenvalue weighted by Gasteiger charge is 2.32. The molecular weight excluding hydrogens is 531 g/mol. The van der Waals surface area contributed by atoms with Gasteiger partial charge in [0.2, 0.25) is 15.9 Å². The molecule has 0 radical (unpaired) electrons. The van der Waals surface area contributed by atoms with E-state index in [1.165, 1.54) is 22.5 Å². The summed E-state index contributed by atoms with van der Waals surface area (Å²) in [6.07, 6.45) is 3.67. The monoisotopic (exact) mass is 554 g/mol. The van der Waals surface area contributed by atoms with E-state index in [2.05, 4.69) is 10.3 Å². The molecule has 0 unspecified atom stereocenters. The molecule has 11 heteroatoms. The molecule has 0 saturated carbocycles. The van der Waals surface area contributed by atoms with Crippen LogP contribution in [0.5, 0.6) is 0 Å². The van der Waals surface area contributed by atoms with Gasteiger partial charge in [-0.1, -0.05) is 23.7 Å². The lowest BCUT2D eigenvalue weighted by molar-refractivity contribution is -0.116. The fourth-order valence-electron chi connectivity index (χ4n) is 4.21. The van der Waals surface area contributed by atoms with Crippen molar-refractivity contribution in [2.75, 3.05) is 18.8 Å². The van der Waals surface area contributed by atoms with E-state index in [1.807, 2.05) is 6.07 Å². The third-order valence-electron chi connectivity index (χ3n) is 6.21. The number of anilines is 1. The first-order chi connectivity index (χ1) is 18.2. The molecule has 2 aromatic carbocycles. The minimum absolute atomic E-state index is 0.115. The molecule has 1 aliphatic rings. The van der Waals surface area contributed by atoms with Crippen LogP contribution in [0.2, 0.25) is 5.02 Å². The zero-order valence-electron chi connectivity index (χ0n) is 20.1. The first-order valence-electron chi connectivity index (χ1n) is 11.8. The van der Waals surface area contributed by atoms with Crippen LogP contribution in [0.1, 0.15) is 17.7 Å². The van der Waals surface area contributed by atoms with Gasteiger partial charge in [-0.05, 0) is 71.7 Å². The number of amides is 1. The summed E-state index contributed by atoms with van der Waals surface area (Å²) in [4.78, 5) is 16.3. The summed E-state index contributed by atoms with van der Waals surface area (Å²) in [5.74, 6) is 0.617. The molecule has 0 bridgehead atoms. The number of carbonyl (C=O) groups is 1. The van der Waals surface area contributed by atoms with Crippen LogP contribution in [0.25, 0.3) is 28.2 Å². The number of halogens is 2. The summed E-state index contributed by atoms with van der Waals surface area (Å²) in [5.41, 5.74) is 8.32. The van der Waals surface area contributed by atoms with Crippen LogP contribution >= 0.6 is 11.6 Å². The highest BCUT2D eigenvalue weighted by molar-refractivity contribution is 7.89. The zero-order chi connectivity index (χ0) is 26.9. The molecule has 1 atom stereocenters. The van der Waals surface area contributed by atoms with E-state index < -0.39 is 16.2 Å². The van der Waals surface area contributed by atoms with Gasteiger partial charge in [-0.15, -0.1) is 0 Å². The van der Waals surface area contributed by atoms with Crippen molar-refractivity contribution in [3.8, 4) is 11.1 Å². The Bertz CT molecular complexity index is 1620. The predicted octanol–water partition coefficient (Wildman–Crippen LogP) is 4.79. The van der Waals surface area contributed by atoms with Gasteiger partial charge < -0.3 is 15.5 Å². The maximum Gasteiger partial charge on any atom is 0.244 e. The van der Waals surface area contributed by atoms with Gasteiger partial charge in [-0.2, -0.15) is 4.31 Å². The summed E-state index contributed by atoms with van der Waals surface area (Å²) in [7, 11) is -3.74. The van der Waals surface area contributed by atoms with Crippen molar-refractivity contribution in [3.05, 3.63) is 83.2 Å². The number of fused-ring (bicyclic) bond motifs is 1. The van der Waals surface area contributed by atoms with Crippen LogP contribution in [0.15, 0.2) is 76.2 Å². The molecule has 1 saturated heterocycles. The third-order valence-corrected chi connectivity index (χ3v) is 8.37. The fraction of sp³-hybridized carbons (Fsp3) is 0.185. The Morgan fingerprint density at radius 1 is 1.18 bits per heavy atom. The Kier molecular flexibility index (Phi) is 7.20. The number of sulfonamides is 1. The minimum atomic E-state index is -3.74. The SMILES string of the molecule is Nc1ccc(/C=C/C(=O)NCc2cc3cc(-c4ccc(S(=O)(=O)N5CC[C@@H](F)C5)cc4)cc(Cl)c3o2)cn1. The summed E-state index contributed by atoms with van der Waals surface area (Å²) in [5, 5.41) is 3.88. The molecule has 1 aliphatic heterocycles. The van der Waals surface area contributed by atoms with Gasteiger partial charge >= 0.3 is 0 Å². The molecule has 3 heterocycles. The average molecular weight is 555 g/mol. The molecule has 196 valence electrons. The first kappa shape index (κ1) is 25.9. The van der Waals surface area contributed by atoms with Crippen LogP contribution in [-0.4, -0.2) is 42.9 Å².